The molecule has 2 bridgehead atoms. The van der Waals surface area contributed by atoms with Gasteiger partial charge in [0.05, 0.1) is 18.7 Å². The molecule has 33 heavy (non-hydrogen) atoms. The van der Waals surface area contributed by atoms with Crippen molar-refractivity contribution >= 4 is 22.7 Å². The normalized spacial score (nSPS) is 24.9. The number of aromatic nitrogens is 1. The van der Waals surface area contributed by atoms with E-state index in [-0.39, 0.29) is 6.04 Å². The molecule has 6 heteroatoms. The Bertz CT molecular complexity index is 1120. The Morgan fingerprint density at radius 2 is 2.06 bits per heavy atom. The molecule has 2 aromatic carbocycles. The summed E-state index contributed by atoms with van der Waals surface area (Å²) in [6.45, 7) is 4.40. The van der Waals surface area contributed by atoms with Crippen molar-refractivity contribution in [2.45, 2.75) is 38.3 Å². The predicted molar refractivity (Wildman–Crippen MR) is 129 cm³/mol. The Morgan fingerprint density at radius 1 is 1.21 bits per heavy atom. The summed E-state index contributed by atoms with van der Waals surface area (Å²) < 4.78 is 11.7. The number of para-hydroxylation sites is 1. The summed E-state index contributed by atoms with van der Waals surface area (Å²) in [5.41, 5.74) is 2.57. The van der Waals surface area contributed by atoms with Gasteiger partial charge in [0.15, 0.2) is 0 Å². The van der Waals surface area contributed by atoms with Crippen molar-refractivity contribution < 1.29 is 14.3 Å². The predicted octanol–water partition coefficient (Wildman–Crippen LogP) is 5.65. The first kappa shape index (κ1) is 21.7. The number of amides is 1. The second kappa shape index (κ2) is 9.40. The maximum Gasteiger partial charge on any atom is 0.412 e. The van der Waals surface area contributed by atoms with Crippen LogP contribution in [0.5, 0.6) is 5.75 Å². The van der Waals surface area contributed by atoms with E-state index >= 15 is 0 Å². The number of hydrogen-bond acceptors (Lipinski definition) is 5. The van der Waals surface area contributed by atoms with Gasteiger partial charge >= 0.3 is 6.09 Å². The number of nitrogens with one attached hydrogen (secondary N) is 1. The average molecular weight is 446 g/mol. The number of hydrogen-bond donors (Lipinski definition) is 1. The number of carbonyl (C=O) groups excluding carboxylic acids is 1. The number of nitrogens with zero attached hydrogens (tertiary/aromatic N) is 2. The minimum atomic E-state index is -0.436. The van der Waals surface area contributed by atoms with Gasteiger partial charge in [-0.3, -0.25) is 15.2 Å². The van der Waals surface area contributed by atoms with Crippen LogP contribution in [0.4, 0.5) is 10.5 Å². The second-order valence-corrected chi connectivity index (χ2v) is 9.12. The molecule has 1 aromatic heterocycles. The van der Waals surface area contributed by atoms with Crippen LogP contribution in [0.15, 0.2) is 60.8 Å². The van der Waals surface area contributed by atoms with E-state index in [1.165, 1.54) is 12.8 Å². The van der Waals surface area contributed by atoms with Crippen LogP contribution in [0.1, 0.15) is 37.9 Å². The van der Waals surface area contributed by atoms with Crippen LogP contribution in [0.25, 0.3) is 10.9 Å². The number of fused-ring (bicyclic) bond motifs is 4. The summed E-state index contributed by atoms with van der Waals surface area (Å²) >= 11 is 0. The second-order valence-electron chi connectivity index (χ2n) is 9.12. The lowest BCUT2D eigenvalue weighted by atomic mass is 9.72. The summed E-state index contributed by atoms with van der Waals surface area (Å²) in [4.78, 5) is 20.1. The van der Waals surface area contributed by atoms with Crippen molar-refractivity contribution in [2.75, 3.05) is 25.5 Å². The average Bonchev–Trinajstić information content (AvgIpc) is 2.87. The quantitative estimate of drug-likeness (QED) is 0.531. The molecular weight excluding hydrogens is 414 g/mol. The third-order valence-electron chi connectivity index (χ3n) is 7.35. The molecule has 0 spiro atoms. The first-order chi connectivity index (χ1) is 16.2. The number of ether oxygens (including phenoxy) is 2. The van der Waals surface area contributed by atoms with Crippen LogP contribution in [0, 0.1) is 11.8 Å². The van der Waals surface area contributed by atoms with Crippen molar-refractivity contribution in [3.63, 3.8) is 0 Å². The standard InChI is InChI=1S/C27H31N3O3/c1-3-18-17-30-14-12-19(18)15-25(30)26(33-27(31)29-20-7-5-4-6-8-20)22-11-13-28-24-10-9-21(32-2)16-23(22)24/h4-11,13,16,18-19,25-26H,3,12,14-15,17H2,1-2H3,(H,29,31)/t18?,19?,25-,26+/m1/s1. The fraction of sp³-hybridized carbons (Fsp3) is 0.407. The lowest BCUT2D eigenvalue weighted by molar-refractivity contribution is -0.0583. The lowest BCUT2D eigenvalue weighted by Gasteiger charge is -2.51. The van der Waals surface area contributed by atoms with Crippen molar-refractivity contribution in [3.05, 3.63) is 66.4 Å². The third-order valence-corrected chi connectivity index (χ3v) is 7.35. The summed E-state index contributed by atoms with van der Waals surface area (Å²) in [5, 5.41) is 3.86. The van der Waals surface area contributed by atoms with E-state index in [4.69, 9.17) is 9.47 Å². The highest BCUT2D eigenvalue weighted by atomic mass is 16.6. The first-order valence-electron chi connectivity index (χ1n) is 11.9. The van der Waals surface area contributed by atoms with Gasteiger partial charge in [0, 0.05) is 29.4 Å². The SMILES string of the molecule is CCC1CN2CCC1C[C@@H]2[C@@H](OC(=O)Nc1ccccc1)c1ccnc2ccc(OC)cc12. The van der Waals surface area contributed by atoms with Gasteiger partial charge in [-0.15, -0.1) is 0 Å². The van der Waals surface area contributed by atoms with Crippen LogP contribution < -0.4 is 10.1 Å². The Morgan fingerprint density at radius 3 is 2.79 bits per heavy atom. The number of piperidine rings is 3. The molecule has 3 unspecified atom stereocenters. The number of anilines is 1. The van der Waals surface area contributed by atoms with E-state index < -0.39 is 12.2 Å². The maximum absolute atomic E-state index is 13.0. The third kappa shape index (κ3) is 4.40. The van der Waals surface area contributed by atoms with Gasteiger partial charge in [-0.25, -0.2) is 4.79 Å². The zero-order valence-electron chi connectivity index (χ0n) is 19.2. The summed E-state index contributed by atoms with van der Waals surface area (Å²) in [6.07, 6.45) is 4.43. The molecule has 6 nitrogen and oxygen atoms in total. The molecule has 6 rings (SSSR count). The van der Waals surface area contributed by atoms with Crippen molar-refractivity contribution in [3.8, 4) is 5.75 Å². The minimum absolute atomic E-state index is 0.143. The van der Waals surface area contributed by atoms with Crippen LogP contribution in [-0.4, -0.2) is 42.2 Å². The number of benzene rings is 2. The van der Waals surface area contributed by atoms with Gasteiger partial charge in [-0.2, -0.15) is 0 Å². The van der Waals surface area contributed by atoms with E-state index in [1.54, 1.807) is 13.3 Å². The molecular formula is C27H31N3O3. The molecule has 0 saturated carbocycles. The van der Waals surface area contributed by atoms with Gasteiger partial charge < -0.3 is 9.47 Å². The highest BCUT2D eigenvalue weighted by Crippen LogP contribution is 2.44. The molecule has 4 heterocycles. The van der Waals surface area contributed by atoms with E-state index in [0.29, 0.717) is 5.92 Å². The van der Waals surface area contributed by atoms with Crippen LogP contribution >= 0.6 is 0 Å². The smallest absolute Gasteiger partial charge is 0.412 e. The highest BCUT2D eigenvalue weighted by molar-refractivity contribution is 5.86. The molecule has 1 amide bonds. The van der Waals surface area contributed by atoms with Gasteiger partial charge in [-0.1, -0.05) is 31.5 Å². The first-order valence-corrected chi connectivity index (χ1v) is 11.9. The Hall–Kier alpha value is -3.12. The zero-order valence-corrected chi connectivity index (χ0v) is 19.2. The number of methoxy groups -OCH3 is 1. The largest absolute Gasteiger partial charge is 0.497 e. The summed E-state index contributed by atoms with van der Waals surface area (Å²) in [6, 6.07) is 17.4. The molecule has 3 saturated heterocycles. The van der Waals surface area contributed by atoms with Crippen LogP contribution in [-0.2, 0) is 4.74 Å². The van der Waals surface area contributed by atoms with Crippen LogP contribution in [0.3, 0.4) is 0 Å². The van der Waals surface area contributed by atoms with Gasteiger partial charge in [-0.05, 0) is 67.6 Å². The van der Waals surface area contributed by atoms with Crippen molar-refractivity contribution in [2.24, 2.45) is 11.8 Å². The molecule has 3 aromatic rings. The minimum Gasteiger partial charge on any atom is -0.497 e. The number of rotatable bonds is 6. The van der Waals surface area contributed by atoms with Crippen molar-refractivity contribution in [1.82, 2.24) is 9.88 Å². The van der Waals surface area contributed by atoms with Crippen molar-refractivity contribution in [1.29, 1.82) is 0 Å². The van der Waals surface area contributed by atoms with Gasteiger partial charge in [0.25, 0.3) is 0 Å². The Labute approximate surface area is 194 Å². The lowest BCUT2D eigenvalue weighted by Crippen LogP contribution is -2.55. The van der Waals surface area contributed by atoms with E-state index in [9.17, 15) is 4.79 Å². The molecule has 3 aliphatic rings. The Kier molecular flexibility index (Phi) is 6.18. The maximum atomic E-state index is 13.0. The van der Waals surface area contributed by atoms with Gasteiger partial charge in [0.1, 0.15) is 11.9 Å². The summed E-state index contributed by atoms with van der Waals surface area (Å²) in [5.74, 6) is 2.17. The van der Waals surface area contributed by atoms with Gasteiger partial charge in [0.2, 0.25) is 0 Å². The molecule has 3 aliphatic heterocycles. The monoisotopic (exact) mass is 445 g/mol. The van der Waals surface area contributed by atoms with E-state index in [1.807, 2.05) is 54.6 Å². The zero-order chi connectivity index (χ0) is 22.8. The fourth-order valence-electron chi connectivity index (χ4n) is 5.61. The molecule has 0 aliphatic carbocycles. The topological polar surface area (TPSA) is 63.7 Å². The molecule has 0 radical (unpaired) electrons. The summed E-state index contributed by atoms with van der Waals surface area (Å²) in [7, 11) is 1.66. The molecule has 172 valence electrons. The highest BCUT2D eigenvalue weighted by Gasteiger charge is 2.44. The Balaban J connectivity index is 1.51. The van der Waals surface area contributed by atoms with E-state index in [2.05, 4.69) is 22.1 Å². The molecule has 5 atom stereocenters. The number of pyridine rings is 1. The van der Waals surface area contributed by atoms with E-state index in [0.717, 1.165) is 53.3 Å². The number of carbonyl (C=O) groups is 1. The molecule has 1 N–H and O–H groups in total. The molecule has 3 fully saturated rings. The van der Waals surface area contributed by atoms with Crippen LogP contribution in [0.2, 0.25) is 0 Å². The fourth-order valence-corrected chi connectivity index (χ4v) is 5.61.